The van der Waals surface area contributed by atoms with E-state index in [0.29, 0.717) is 13.0 Å². The highest BCUT2D eigenvalue weighted by Crippen LogP contribution is 2.28. The van der Waals surface area contributed by atoms with Crippen LogP contribution < -0.4 is 0 Å². The number of methoxy groups -OCH3 is 1. The molecule has 0 aromatic carbocycles. The van der Waals surface area contributed by atoms with Crippen molar-refractivity contribution in [2.24, 2.45) is 0 Å². The Labute approximate surface area is 72.1 Å². The largest absolute Gasteiger partial charge is 0.468 e. The summed E-state index contributed by atoms with van der Waals surface area (Å²) in [5.74, 6) is -0.276. The van der Waals surface area contributed by atoms with Gasteiger partial charge in [0.05, 0.1) is 13.2 Å². The first kappa shape index (κ1) is 9.48. The number of carbonyl (C=O) groups excluding carboxylic acids is 1. The molecule has 1 aliphatic rings. The van der Waals surface area contributed by atoms with Crippen LogP contribution in [0.2, 0.25) is 0 Å². The highest BCUT2D eigenvalue weighted by atomic mass is 16.5. The van der Waals surface area contributed by atoms with Gasteiger partial charge in [-0.05, 0) is 14.0 Å². The number of nitrogens with zero attached hydrogens (tertiary/aromatic N) is 1. The minimum absolute atomic E-state index is 0.276. The molecule has 0 saturated carbocycles. The zero-order chi connectivity index (χ0) is 9.35. The molecule has 1 aliphatic heterocycles. The molecule has 1 saturated heterocycles. The maximum absolute atomic E-state index is 11.3. The van der Waals surface area contributed by atoms with E-state index in [1.165, 1.54) is 7.11 Å². The Morgan fingerprint density at radius 2 is 2.33 bits per heavy atom. The van der Waals surface area contributed by atoms with Crippen molar-refractivity contribution in [2.45, 2.75) is 25.0 Å². The van der Waals surface area contributed by atoms with Crippen molar-refractivity contribution in [3.05, 3.63) is 0 Å². The molecule has 2 unspecified atom stereocenters. The molecule has 0 aromatic rings. The second-order valence-electron chi connectivity index (χ2n) is 3.50. The molecule has 2 atom stereocenters. The van der Waals surface area contributed by atoms with Crippen molar-refractivity contribution in [3.63, 3.8) is 0 Å². The van der Waals surface area contributed by atoms with Crippen LogP contribution in [0, 0.1) is 0 Å². The van der Waals surface area contributed by atoms with Gasteiger partial charge < -0.3 is 9.84 Å². The number of likely N-dealkylation sites (N-methyl/N-ethyl adjacent to an activating group) is 1. The lowest BCUT2D eigenvalue weighted by Crippen LogP contribution is -2.46. The van der Waals surface area contributed by atoms with Crippen molar-refractivity contribution in [2.75, 3.05) is 20.7 Å². The van der Waals surface area contributed by atoms with Crippen molar-refractivity contribution >= 4 is 5.97 Å². The van der Waals surface area contributed by atoms with E-state index in [1.807, 2.05) is 11.9 Å². The van der Waals surface area contributed by atoms with Gasteiger partial charge in [0, 0.05) is 13.0 Å². The van der Waals surface area contributed by atoms with Crippen molar-refractivity contribution in [1.82, 2.24) is 4.90 Å². The van der Waals surface area contributed by atoms with Crippen LogP contribution in [0.1, 0.15) is 13.3 Å². The summed E-state index contributed by atoms with van der Waals surface area (Å²) in [4.78, 5) is 13.1. The maximum atomic E-state index is 11.3. The molecule has 0 spiro atoms. The Hall–Kier alpha value is -0.610. The Bertz CT molecular complexity index is 195. The van der Waals surface area contributed by atoms with E-state index in [4.69, 9.17) is 0 Å². The minimum Gasteiger partial charge on any atom is -0.468 e. The van der Waals surface area contributed by atoms with Gasteiger partial charge in [-0.25, -0.2) is 0 Å². The van der Waals surface area contributed by atoms with Crippen LogP contribution in [0.15, 0.2) is 0 Å². The lowest BCUT2D eigenvalue weighted by Gasteiger charge is -2.28. The van der Waals surface area contributed by atoms with Crippen LogP contribution in [-0.2, 0) is 9.53 Å². The van der Waals surface area contributed by atoms with Crippen LogP contribution in [0.3, 0.4) is 0 Å². The van der Waals surface area contributed by atoms with Gasteiger partial charge >= 0.3 is 5.97 Å². The van der Waals surface area contributed by atoms with Gasteiger partial charge in [-0.3, -0.25) is 9.69 Å². The van der Waals surface area contributed by atoms with Gasteiger partial charge in [0.1, 0.15) is 5.54 Å². The molecule has 70 valence electrons. The number of carbonyl (C=O) groups is 1. The predicted octanol–water partition coefficient (Wildman–Crippen LogP) is -0.386. The first-order valence-corrected chi connectivity index (χ1v) is 3.98. The standard InChI is InChI=1S/C8H15NO3/c1-8(7(11)12-3)4-6(10)5-9(8)2/h6,10H,4-5H2,1-3H3. The Balaban J connectivity index is 2.77. The predicted molar refractivity (Wildman–Crippen MR) is 43.7 cm³/mol. The smallest absolute Gasteiger partial charge is 0.326 e. The van der Waals surface area contributed by atoms with E-state index in [9.17, 15) is 9.90 Å². The van der Waals surface area contributed by atoms with Crippen molar-refractivity contribution < 1.29 is 14.6 Å². The van der Waals surface area contributed by atoms with Crippen LogP contribution in [0.4, 0.5) is 0 Å². The van der Waals surface area contributed by atoms with E-state index in [-0.39, 0.29) is 5.97 Å². The fraction of sp³-hybridized carbons (Fsp3) is 0.875. The van der Waals surface area contributed by atoms with Crippen LogP contribution in [0.5, 0.6) is 0 Å². The molecule has 1 rings (SSSR count). The number of ether oxygens (including phenoxy) is 1. The number of β-amino-alcohol motifs (C(OH)–C–C–N with tert-alkyl or cyclic N) is 1. The normalized spacial score (nSPS) is 36.8. The molecule has 4 heteroatoms. The number of rotatable bonds is 1. The van der Waals surface area contributed by atoms with E-state index in [2.05, 4.69) is 4.74 Å². The summed E-state index contributed by atoms with van der Waals surface area (Å²) in [5.41, 5.74) is -0.645. The summed E-state index contributed by atoms with van der Waals surface area (Å²) >= 11 is 0. The van der Waals surface area contributed by atoms with Gasteiger partial charge in [-0.2, -0.15) is 0 Å². The Morgan fingerprint density at radius 1 is 1.75 bits per heavy atom. The first-order chi connectivity index (χ1) is 5.50. The SMILES string of the molecule is COC(=O)C1(C)CC(O)CN1C. The number of hydrogen-bond donors (Lipinski definition) is 1. The minimum atomic E-state index is -0.645. The molecule has 0 aliphatic carbocycles. The summed E-state index contributed by atoms with van der Waals surface area (Å²) in [6.07, 6.45) is 0.0370. The van der Waals surface area contributed by atoms with Crippen molar-refractivity contribution in [3.8, 4) is 0 Å². The molecule has 0 amide bonds. The van der Waals surface area contributed by atoms with Crippen LogP contribution in [-0.4, -0.2) is 48.3 Å². The van der Waals surface area contributed by atoms with E-state index in [0.717, 1.165) is 0 Å². The molecule has 1 N–H and O–H groups in total. The maximum Gasteiger partial charge on any atom is 0.326 e. The molecule has 1 heterocycles. The summed E-state index contributed by atoms with van der Waals surface area (Å²) in [6, 6.07) is 0. The summed E-state index contributed by atoms with van der Waals surface area (Å²) < 4.78 is 4.66. The van der Waals surface area contributed by atoms with E-state index < -0.39 is 11.6 Å². The molecule has 0 bridgehead atoms. The second-order valence-corrected chi connectivity index (χ2v) is 3.50. The van der Waals surface area contributed by atoms with Crippen LogP contribution in [0.25, 0.3) is 0 Å². The third-order valence-corrected chi connectivity index (χ3v) is 2.59. The average Bonchev–Trinajstić information content (AvgIpc) is 2.26. The molecule has 1 fully saturated rings. The van der Waals surface area contributed by atoms with E-state index in [1.54, 1.807) is 6.92 Å². The average molecular weight is 173 g/mol. The van der Waals surface area contributed by atoms with Gasteiger partial charge in [0.25, 0.3) is 0 Å². The number of aliphatic hydroxyl groups excluding tert-OH is 1. The number of aliphatic hydroxyl groups is 1. The molecular formula is C8H15NO3. The summed E-state index contributed by atoms with van der Waals surface area (Å²) in [7, 11) is 3.18. The fourth-order valence-electron chi connectivity index (χ4n) is 1.66. The van der Waals surface area contributed by atoms with Gasteiger partial charge in [0.2, 0.25) is 0 Å². The third-order valence-electron chi connectivity index (χ3n) is 2.59. The van der Waals surface area contributed by atoms with Crippen LogP contribution >= 0.6 is 0 Å². The molecular weight excluding hydrogens is 158 g/mol. The number of hydrogen-bond acceptors (Lipinski definition) is 4. The molecule has 0 radical (unpaired) electrons. The lowest BCUT2D eigenvalue weighted by atomic mass is 9.99. The Kier molecular flexibility index (Phi) is 2.39. The highest BCUT2D eigenvalue weighted by Gasteiger charge is 2.46. The molecule has 0 aromatic heterocycles. The molecule has 12 heavy (non-hydrogen) atoms. The number of likely N-dealkylation sites (tertiary alicyclic amines) is 1. The van der Waals surface area contributed by atoms with Gasteiger partial charge in [-0.1, -0.05) is 0 Å². The topological polar surface area (TPSA) is 49.8 Å². The summed E-state index contributed by atoms with van der Waals surface area (Å²) in [5, 5.41) is 9.33. The monoisotopic (exact) mass is 173 g/mol. The Morgan fingerprint density at radius 3 is 2.67 bits per heavy atom. The molecule has 4 nitrogen and oxygen atoms in total. The highest BCUT2D eigenvalue weighted by molar-refractivity contribution is 5.80. The fourth-order valence-corrected chi connectivity index (χ4v) is 1.66. The van der Waals surface area contributed by atoms with Gasteiger partial charge in [-0.15, -0.1) is 0 Å². The summed E-state index contributed by atoms with van der Waals surface area (Å²) in [6.45, 7) is 2.32. The number of esters is 1. The lowest BCUT2D eigenvalue weighted by molar-refractivity contribution is -0.151. The third kappa shape index (κ3) is 1.32. The van der Waals surface area contributed by atoms with Gasteiger partial charge in [0.15, 0.2) is 0 Å². The van der Waals surface area contributed by atoms with E-state index >= 15 is 0 Å². The zero-order valence-electron chi connectivity index (χ0n) is 7.70. The first-order valence-electron chi connectivity index (χ1n) is 3.98. The second kappa shape index (κ2) is 3.03. The quantitative estimate of drug-likeness (QED) is 0.549. The zero-order valence-corrected chi connectivity index (χ0v) is 7.70. The van der Waals surface area contributed by atoms with Crippen molar-refractivity contribution in [1.29, 1.82) is 0 Å².